The summed E-state index contributed by atoms with van der Waals surface area (Å²) >= 11 is 0. The molecule has 5 heteroatoms. The van der Waals surface area contributed by atoms with Crippen molar-refractivity contribution in [2.45, 2.75) is 12.8 Å². The number of benzene rings is 2. The average Bonchev–Trinajstić information content (AvgIpc) is 3.51. The SMILES string of the molecule is CNC(=O)c1cccc(C(=O)N2CCN(CC3CC3)c3ccccc32)c1. The Morgan fingerprint density at radius 2 is 1.73 bits per heavy atom. The maximum Gasteiger partial charge on any atom is 0.258 e. The molecular formula is C21H23N3O2. The van der Waals surface area contributed by atoms with Crippen molar-refractivity contribution in [1.82, 2.24) is 5.32 Å². The second-order valence-electron chi connectivity index (χ2n) is 6.99. The summed E-state index contributed by atoms with van der Waals surface area (Å²) in [5.74, 6) is 0.554. The Morgan fingerprint density at radius 1 is 1.00 bits per heavy atom. The number of fused-ring (bicyclic) bond motifs is 1. The predicted molar refractivity (Wildman–Crippen MR) is 103 cm³/mol. The lowest BCUT2D eigenvalue weighted by Gasteiger charge is -2.38. The summed E-state index contributed by atoms with van der Waals surface area (Å²) in [5, 5.41) is 2.60. The van der Waals surface area contributed by atoms with E-state index < -0.39 is 0 Å². The lowest BCUT2D eigenvalue weighted by molar-refractivity contribution is 0.0963. The Labute approximate surface area is 153 Å². The van der Waals surface area contributed by atoms with Crippen LogP contribution in [0.2, 0.25) is 0 Å². The maximum absolute atomic E-state index is 13.1. The van der Waals surface area contributed by atoms with Crippen LogP contribution in [0.3, 0.4) is 0 Å². The zero-order chi connectivity index (χ0) is 18.1. The van der Waals surface area contributed by atoms with E-state index in [9.17, 15) is 9.59 Å². The van der Waals surface area contributed by atoms with E-state index in [-0.39, 0.29) is 11.8 Å². The molecule has 2 aliphatic rings. The summed E-state index contributed by atoms with van der Waals surface area (Å²) in [6.07, 6.45) is 2.63. The molecule has 2 aromatic rings. The summed E-state index contributed by atoms with van der Waals surface area (Å²) in [6.45, 7) is 2.58. The second kappa shape index (κ2) is 6.83. The Kier molecular flexibility index (Phi) is 4.37. The monoisotopic (exact) mass is 349 g/mol. The molecule has 1 fully saturated rings. The van der Waals surface area contributed by atoms with Gasteiger partial charge in [0.25, 0.3) is 11.8 Å². The number of nitrogens with one attached hydrogen (secondary N) is 1. The molecule has 0 saturated heterocycles. The molecule has 134 valence electrons. The summed E-state index contributed by atoms with van der Waals surface area (Å²) in [6, 6.07) is 15.0. The molecule has 0 spiro atoms. The van der Waals surface area contributed by atoms with E-state index in [4.69, 9.17) is 0 Å². The van der Waals surface area contributed by atoms with Crippen molar-refractivity contribution < 1.29 is 9.59 Å². The third-order valence-electron chi connectivity index (χ3n) is 5.13. The molecule has 0 radical (unpaired) electrons. The van der Waals surface area contributed by atoms with E-state index in [0.29, 0.717) is 17.7 Å². The Balaban J connectivity index is 1.63. The van der Waals surface area contributed by atoms with E-state index in [1.54, 1.807) is 31.3 Å². The zero-order valence-electron chi connectivity index (χ0n) is 14.9. The first-order valence-corrected chi connectivity index (χ1v) is 9.15. The molecule has 0 aromatic heterocycles. The minimum absolute atomic E-state index is 0.0609. The Hall–Kier alpha value is -2.82. The first-order chi connectivity index (χ1) is 12.7. The van der Waals surface area contributed by atoms with Crippen LogP contribution < -0.4 is 15.1 Å². The van der Waals surface area contributed by atoms with Gasteiger partial charge in [0, 0.05) is 37.8 Å². The van der Waals surface area contributed by atoms with Gasteiger partial charge in [-0.15, -0.1) is 0 Å². The first-order valence-electron chi connectivity index (χ1n) is 9.15. The van der Waals surface area contributed by atoms with Crippen molar-refractivity contribution in [3.05, 3.63) is 59.7 Å². The van der Waals surface area contributed by atoms with E-state index >= 15 is 0 Å². The normalized spacial score (nSPS) is 16.2. The standard InChI is InChI=1S/C21H23N3O2/c1-22-20(25)16-5-4-6-17(13-16)21(26)24-12-11-23(14-15-9-10-15)18-7-2-3-8-19(18)24/h2-8,13,15H,9-12,14H2,1H3,(H,22,25). The molecule has 1 aliphatic carbocycles. The van der Waals surface area contributed by atoms with Crippen molar-refractivity contribution in [2.75, 3.05) is 36.5 Å². The number of rotatable bonds is 4. The predicted octanol–water partition coefficient (Wildman–Crippen LogP) is 2.92. The van der Waals surface area contributed by atoms with Crippen LogP contribution in [-0.4, -0.2) is 38.5 Å². The van der Waals surface area contributed by atoms with E-state index in [1.807, 2.05) is 23.1 Å². The van der Waals surface area contributed by atoms with Crippen LogP contribution in [0.25, 0.3) is 0 Å². The molecule has 2 amide bonds. The van der Waals surface area contributed by atoms with Gasteiger partial charge in [0.2, 0.25) is 0 Å². The topological polar surface area (TPSA) is 52.7 Å². The van der Waals surface area contributed by atoms with Gasteiger partial charge in [0.15, 0.2) is 0 Å². The maximum atomic E-state index is 13.1. The lowest BCUT2D eigenvalue weighted by Crippen LogP contribution is -2.44. The van der Waals surface area contributed by atoms with Gasteiger partial charge in [0.05, 0.1) is 11.4 Å². The van der Waals surface area contributed by atoms with E-state index in [2.05, 4.69) is 16.3 Å². The van der Waals surface area contributed by atoms with Crippen molar-refractivity contribution in [2.24, 2.45) is 5.92 Å². The molecular weight excluding hydrogens is 326 g/mol. The van der Waals surface area contributed by atoms with E-state index in [1.165, 1.54) is 12.8 Å². The first kappa shape index (κ1) is 16.6. The van der Waals surface area contributed by atoms with Gasteiger partial charge in [-0.3, -0.25) is 9.59 Å². The van der Waals surface area contributed by atoms with Crippen molar-refractivity contribution in [3.8, 4) is 0 Å². The van der Waals surface area contributed by atoms with Crippen LogP contribution in [0.1, 0.15) is 33.6 Å². The molecule has 4 rings (SSSR count). The number of nitrogens with zero attached hydrogens (tertiary/aromatic N) is 2. The zero-order valence-corrected chi connectivity index (χ0v) is 14.9. The third-order valence-corrected chi connectivity index (χ3v) is 5.13. The number of amides is 2. The summed E-state index contributed by atoms with van der Waals surface area (Å²) in [7, 11) is 1.59. The summed E-state index contributed by atoms with van der Waals surface area (Å²) in [5.41, 5.74) is 3.12. The minimum atomic E-state index is -0.186. The molecule has 0 unspecified atom stereocenters. The highest BCUT2D eigenvalue weighted by molar-refractivity contribution is 6.09. The molecule has 1 aliphatic heterocycles. The molecule has 1 saturated carbocycles. The average molecular weight is 349 g/mol. The quantitative estimate of drug-likeness (QED) is 0.923. The highest BCUT2D eigenvalue weighted by Crippen LogP contribution is 2.37. The van der Waals surface area contributed by atoms with Crippen LogP contribution in [0.4, 0.5) is 11.4 Å². The van der Waals surface area contributed by atoms with Crippen LogP contribution in [-0.2, 0) is 0 Å². The highest BCUT2D eigenvalue weighted by atomic mass is 16.2. The molecule has 1 heterocycles. The third kappa shape index (κ3) is 3.17. The summed E-state index contributed by atoms with van der Waals surface area (Å²) in [4.78, 5) is 29.2. The van der Waals surface area contributed by atoms with Crippen LogP contribution in [0.5, 0.6) is 0 Å². The highest BCUT2D eigenvalue weighted by Gasteiger charge is 2.31. The van der Waals surface area contributed by atoms with E-state index in [0.717, 1.165) is 30.4 Å². The lowest BCUT2D eigenvalue weighted by atomic mass is 10.1. The smallest absolute Gasteiger partial charge is 0.258 e. The molecule has 26 heavy (non-hydrogen) atoms. The van der Waals surface area contributed by atoms with Gasteiger partial charge < -0.3 is 15.1 Å². The van der Waals surface area contributed by atoms with Crippen LogP contribution in [0, 0.1) is 5.92 Å². The van der Waals surface area contributed by atoms with Crippen molar-refractivity contribution in [3.63, 3.8) is 0 Å². The van der Waals surface area contributed by atoms with Gasteiger partial charge >= 0.3 is 0 Å². The van der Waals surface area contributed by atoms with Gasteiger partial charge in [-0.1, -0.05) is 18.2 Å². The molecule has 0 bridgehead atoms. The molecule has 5 nitrogen and oxygen atoms in total. The summed E-state index contributed by atoms with van der Waals surface area (Å²) < 4.78 is 0. The van der Waals surface area contributed by atoms with Crippen molar-refractivity contribution >= 4 is 23.2 Å². The Morgan fingerprint density at radius 3 is 2.46 bits per heavy atom. The molecule has 2 aromatic carbocycles. The number of hydrogen-bond donors (Lipinski definition) is 1. The fourth-order valence-electron chi connectivity index (χ4n) is 3.53. The van der Waals surface area contributed by atoms with Gasteiger partial charge in [0.1, 0.15) is 0 Å². The largest absolute Gasteiger partial charge is 0.368 e. The van der Waals surface area contributed by atoms with Gasteiger partial charge in [-0.05, 0) is 49.1 Å². The molecule has 1 N–H and O–H groups in total. The number of para-hydroxylation sites is 2. The number of hydrogen-bond acceptors (Lipinski definition) is 3. The van der Waals surface area contributed by atoms with Crippen molar-refractivity contribution in [1.29, 1.82) is 0 Å². The number of anilines is 2. The Bertz CT molecular complexity index is 845. The number of carbonyl (C=O) groups excluding carboxylic acids is 2. The second-order valence-corrected chi connectivity index (χ2v) is 6.99. The van der Waals surface area contributed by atoms with Gasteiger partial charge in [-0.2, -0.15) is 0 Å². The fourth-order valence-corrected chi connectivity index (χ4v) is 3.53. The van der Waals surface area contributed by atoms with Crippen LogP contribution >= 0.6 is 0 Å². The minimum Gasteiger partial charge on any atom is -0.368 e. The van der Waals surface area contributed by atoms with Gasteiger partial charge in [-0.25, -0.2) is 0 Å². The fraction of sp³-hybridized carbons (Fsp3) is 0.333. The number of carbonyl (C=O) groups is 2. The van der Waals surface area contributed by atoms with Crippen LogP contribution in [0.15, 0.2) is 48.5 Å². The molecule has 0 atom stereocenters.